The van der Waals surface area contributed by atoms with E-state index in [1.807, 2.05) is 24.3 Å². The summed E-state index contributed by atoms with van der Waals surface area (Å²) >= 11 is 4.93. The highest BCUT2D eigenvalue weighted by Crippen LogP contribution is 2.17. The highest BCUT2D eigenvalue weighted by Gasteiger charge is 2.29. The van der Waals surface area contributed by atoms with Gasteiger partial charge >= 0.3 is 0 Å². The average molecular weight is 313 g/mol. The second-order valence-electron chi connectivity index (χ2n) is 4.93. The Hall–Kier alpha value is -1.02. The third-order valence-corrected chi connectivity index (χ3v) is 5.57. The highest BCUT2D eigenvalue weighted by molar-refractivity contribution is 7.86. The van der Waals surface area contributed by atoms with Crippen LogP contribution in [-0.4, -0.2) is 42.2 Å². The number of nitrogens with two attached hydrogens (primary N) is 1. The van der Waals surface area contributed by atoms with E-state index in [0.717, 1.165) is 24.0 Å². The van der Waals surface area contributed by atoms with Gasteiger partial charge in [0.2, 0.25) is 0 Å². The molecule has 1 heterocycles. The number of hydrogen-bond donors (Lipinski definition) is 1. The smallest absolute Gasteiger partial charge is 0.282 e. The van der Waals surface area contributed by atoms with Gasteiger partial charge in [-0.3, -0.25) is 0 Å². The highest BCUT2D eigenvalue weighted by atomic mass is 32.2. The zero-order chi connectivity index (χ0) is 14.8. The van der Waals surface area contributed by atoms with Gasteiger partial charge in [-0.15, -0.1) is 0 Å². The lowest BCUT2D eigenvalue weighted by Gasteiger charge is -2.23. The van der Waals surface area contributed by atoms with Crippen LogP contribution in [0.3, 0.4) is 0 Å². The predicted octanol–water partition coefficient (Wildman–Crippen LogP) is 1.09. The molecule has 2 rings (SSSR count). The minimum Gasteiger partial charge on any atom is -0.389 e. The van der Waals surface area contributed by atoms with Crippen molar-refractivity contribution in [3.8, 4) is 0 Å². The molecule has 1 fully saturated rings. The first kappa shape index (κ1) is 15.4. The molecule has 1 aliphatic rings. The number of rotatable bonds is 5. The van der Waals surface area contributed by atoms with Crippen molar-refractivity contribution in [3.05, 3.63) is 35.4 Å². The minimum absolute atomic E-state index is 0.315. The fraction of sp³-hybridized carbons (Fsp3) is 0.462. The Morgan fingerprint density at radius 2 is 2.05 bits per heavy atom. The second-order valence-corrected chi connectivity index (χ2v) is 7.41. The van der Waals surface area contributed by atoms with Crippen LogP contribution in [0.4, 0.5) is 0 Å². The summed E-state index contributed by atoms with van der Waals surface area (Å²) in [6.45, 7) is 1.54. The summed E-state index contributed by atoms with van der Waals surface area (Å²) in [7, 11) is -1.77. The Morgan fingerprint density at radius 3 is 2.65 bits per heavy atom. The summed E-state index contributed by atoms with van der Waals surface area (Å²) in [5.74, 6) is 0. The average Bonchev–Trinajstić information content (AvgIpc) is 2.93. The van der Waals surface area contributed by atoms with Crippen LogP contribution in [0, 0.1) is 0 Å². The first-order valence-corrected chi connectivity index (χ1v) is 8.32. The molecule has 0 aliphatic carbocycles. The van der Waals surface area contributed by atoms with Gasteiger partial charge in [-0.2, -0.15) is 17.0 Å². The van der Waals surface area contributed by atoms with Gasteiger partial charge in [-0.25, -0.2) is 0 Å². The molecule has 0 radical (unpaired) electrons. The Labute approximate surface area is 125 Å². The zero-order valence-electron chi connectivity index (χ0n) is 11.4. The molecule has 0 amide bonds. The van der Waals surface area contributed by atoms with Gasteiger partial charge in [0.05, 0.1) is 0 Å². The van der Waals surface area contributed by atoms with Crippen LogP contribution < -0.4 is 5.73 Å². The van der Waals surface area contributed by atoms with Crippen molar-refractivity contribution in [2.45, 2.75) is 19.4 Å². The quantitative estimate of drug-likeness (QED) is 0.827. The molecule has 5 nitrogen and oxygen atoms in total. The van der Waals surface area contributed by atoms with Crippen molar-refractivity contribution in [1.29, 1.82) is 0 Å². The summed E-state index contributed by atoms with van der Waals surface area (Å²) in [4.78, 5) is 0.317. The van der Waals surface area contributed by atoms with Crippen LogP contribution >= 0.6 is 12.2 Å². The largest absolute Gasteiger partial charge is 0.389 e. The van der Waals surface area contributed by atoms with Gasteiger partial charge in [0.25, 0.3) is 10.2 Å². The molecule has 0 bridgehead atoms. The monoisotopic (exact) mass is 313 g/mol. The topological polar surface area (TPSA) is 66.6 Å². The Bertz CT molecular complexity index is 595. The Balaban J connectivity index is 2.13. The van der Waals surface area contributed by atoms with Gasteiger partial charge in [0.1, 0.15) is 4.99 Å². The van der Waals surface area contributed by atoms with E-state index in [9.17, 15) is 8.42 Å². The molecular formula is C13H19N3O2S2. The van der Waals surface area contributed by atoms with Gasteiger partial charge < -0.3 is 5.73 Å². The van der Waals surface area contributed by atoms with E-state index >= 15 is 0 Å². The predicted molar refractivity (Wildman–Crippen MR) is 83.5 cm³/mol. The maximum Gasteiger partial charge on any atom is 0.282 e. The SMILES string of the molecule is CN(Cc1cccc(C(N)=S)c1)S(=O)(=O)N1CCCC1. The van der Waals surface area contributed by atoms with Gasteiger partial charge in [-0.1, -0.05) is 30.4 Å². The maximum atomic E-state index is 12.4. The second kappa shape index (κ2) is 6.17. The standard InChI is InChI=1S/C13H19N3O2S2/c1-15(20(17,18)16-7-2-3-8-16)10-11-5-4-6-12(9-11)13(14)19/h4-6,9H,2-3,7-8,10H2,1H3,(H2,14,19). The molecule has 1 saturated heterocycles. The lowest BCUT2D eigenvalue weighted by Crippen LogP contribution is -2.39. The van der Waals surface area contributed by atoms with Crippen LogP contribution in [0.2, 0.25) is 0 Å². The van der Waals surface area contributed by atoms with Crippen LogP contribution in [0.5, 0.6) is 0 Å². The normalized spacial score (nSPS) is 16.7. The molecule has 0 atom stereocenters. The third kappa shape index (κ3) is 3.35. The van der Waals surface area contributed by atoms with E-state index in [0.29, 0.717) is 24.6 Å². The van der Waals surface area contributed by atoms with E-state index in [1.54, 1.807) is 7.05 Å². The lowest BCUT2D eigenvalue weighted by atomic mass is 10.1. The molecule has 1 aromatic rings. The molecule has 7 heteroatoms. The summed E-state index contributed by atoms with van der Waals surface area (Å²) < 4.78 is 27.6. The van der Waals surface area contributed by atoms with E-state index in [4.69, 9.17) is 18.0 Å². The lowest BCUT2D eigenvalue weighted by molar-refractivity contribution is 0.392. The van der Waals surface area contributed by atoms with E-state index in [2.05, 4.69) is 0 Å². The van der Waals surface area contributed by atoms with Gasteiger partial charge in [0.15, 0.2) is 0 Å². The summed E-state index contributed by atoms with van der Waals surface area (Å²) in [5.41, 5.74) is 7.22. The molecular weight excluding hydrogens is 294 g/mol. The van der Waals surface area contributed by atoms with E-state index in [1.165, 1.54) is 8.61 Å². The van der Waals surface area contributed by atoms with Crippen LogP contribution in [0.15, 0.2) is 24.3 Å². The van der Waals surface area contributed by atoms with Crippen molar-refractivity contribution in [2.24, 2.45) is 5.73 Å². The van der Waals surface area contributed by atoms with Crippen molar-refractivity contribution < 1.29 is 8.42 Å². The fourth-order valence-corrected chi connectivity index (χ4v) is 3.83. The van der Waals surface area contributed by atoms with Gasteiger partial charge in [0, 0.05) is 32.2 Å². The van der Waals surface area contributed by atoms with E-state index in [-0.39, 0.29) is 0 Å². The summed E-state index contributed by atoms with van der Waals surface area (Å²) in [5, 5.41) is 0. The van der Waals surface area contributed by atoms with Crippen LogP contribution in [0.25, 0.3) is 0 Å². The Kier molecular flexibility index (Phi) is 4.74. The number of benzene rings is 1. The Morgan fingerprint density at radius 1 is 1.40 bits per heavy atom. The molecule has 20 heavy (non-hydrogen) atoms. The fourth-order valence-electron chi connectivity index (χ4n) is 2.28. The summed E-state index contributed by atoms with van der Waals surface area (Å²) in [6, 6.07) is 7.36. The molecule has 1 aromatic carbocycles. The van der Waals surface area contributed by atoms with Crippen molar-refractivity contribution in [3.63, 3.8) is 0 Å². The number of hydrogen-bond acceptors (Lipinski definition) is 3. The van der Waals surface area contributed by atoms with Crippen LogP contribution in [0.1, 0.15) is 24.0 Å². The number of thiocarbonyl (C=S) groups is 1. The first-order valence-electron chi connectivity index (χ1n) is 6.51. The molecule has 110 valence electrons. The zero-order valence-corrected chi connectivity index (χ0v) is 13.1. The first-order chi connectivity index (χ1) is 9.41. The van der Waals surface area contributed by atoms with Crippen molar-refractivity contribution in [2.75, 3.05) is 20.1 Å². The molecule has 0 unspecified atom stereocenters. The maximum absolute atomic E-state index is 12.4. The third-order valence-electron chi connectivity index (χ3n) is 3.40. The molecule has 0 aromatic heterocycles. The van der Waals surface area contributed by atoms with Gasteiger partial charge in [-0.05, 0) is 24.5 Å². The van der Waals surface area contributed by atoms with Crippen LogP contribution in [-0.2, 0) is 16.8 Å². The molecule has 0 spiro atoms. The van der Waals surface area contributed by atoms with E-state index < -0.39 is 10.2 Å². The van der Waals surface area contributed by atoms with Crippen molar-refractivity contribution in [1.82, 2.24) is 8.61 Å². The van der Waals surface area contributed by atoms with Crippen molar-refractivity contribution >= 4 is 27.4 Å². The number of nitrogens with zero attached hydrogens (tertiary/aromatic N) is 2. The summed E-state index contributed by atoms with van der Waals surface area (Å²) in [6.07, 6.45) is 1.87. The molecule has 0 saturated carbocycles. The molecule has 1 aliphatic heterocycles. The minimum atomic E-state index is -3.37. The molecule has 2 N–H and O–H groups in total.